The zero-order valence-corrected chi connectivity index (χ0v) is 8.10. The molecule has 1 aliphatic rings. The van der Waals surface area contributed by atoms with Crippen LogP contribution in [0.2, 0.25) is 0 Å². The van der Waals surface area contributed by atoms with E-state index in [0.717, 1.165) is 17.8 Å². The van der Waals surface area contributed by atoms with Gasteiger partial charge >= 0.3 is 6.03 Å². The molecule has 1 aliphatic heterocycles. The summed E-state index contributed by atoms with van der Waals surface area (Å²) in [5, 5.41) is 9.40. The molecule has 2 heterocycles. The molecular formula is C10H11N4O. The number of aromatic nitrogens is 1. The maximum absolute atomic E-state index is 10.7. The summed E-state index contributed by atoms with van der Waals surface area (Å²) in [4.78, 5) is 14.7. The van der Waals surface area contributed by atoms with Gasteiger partial charge in [0.25, 0.3) is 0 Å². The van der Waals surface area contributed by atoms with E-state index in [4.69, 9.17) is 0 Å². The number of hydrogen-bond acceptors (Lipinski definition) is 3. The van der Waals surface area contributed by atoms with Gasteiger partial charge in [0.15, 0.2) is 0 Å². The van der Waals surface area contributed by atoms with Gasteiger partial charge in [-0.3, -0.25) is 4.98 Å². The minimum Gasteiger partial charge on any atom is -0.307 e. The van der Waals surface area contributed by atoms with Crippen molar-refractivity contribution in [2.45, 2.75) is 6.54 Å². The van der Waals surface area contributed by atoms with E-state index in [2.05, 4.69) is 20.9 Å². The van der Waals surface area contributed by atoms with Crippen LogP contribution in [0.25, 0.3) is 0 Å². The van der Waals surface area contributed by atoms with Crippen LogP contribution < -0.4 is 16.0 Å². The number of nitrogens with zero attached hydrogens (tertiary/aromatic N) is 2. The van der Waals surface area contributed by atoms with Gasteiger partial charge in [0.2, 0.25) is 0 Å². The van der Waals surface area contributed by atoms with Crippen molar-refractivity contribution in [2.75, 3.05) is 6.54 Å². The fourth-order valence-electron chi connectivity index (χ4n) is 1.27. The molecule has 2 N–H and O–H groups in total. The smallest absolute Gasteiger partial charge is 0.307 e. The average Bonchev–Trinajstić information content (AvgIpc) is 2.66. The monoisotopic (exact) mass is 203 g/mol. The van der Waals surface area contributed by atoms with E-state index in [-0.39, 0.29) is 6.03 Å². The molecule has 5 nitrogen and oxygen atoms in total. The molecule has 0 fully saturated rings. The van der Waals surface area contributed by atoms with Crippen molar-refractivity contribution in [1.29, 1.82) is 0 Å². The highest BCUT2D eigenvalue weighted by Gasteiger charge is 2.11. The largest absolute Gasteiger partial charge is 0.345 e. The summed E-state index contributed by atoms with van der Waals surface area (Å²) in [6, 6.07) is 3.59. The minimum absolute atomic E-state index is 0.296. The molecule has 77 valence electrons. The van der Waals surface area contributed by atoms with Crippen molar-refractivity contribution in [1.82, 2.24) is 20.9 Å². The lowest BCUT2D eigenvalue weighted by Crippen LogP contribution is -2.25. The number of urea groups is 1. The molecule has 0 aliphatic carbocycles. The third-order valence-electron chi connectivity index (χ3n) is 2.00. The molecule has 0 atom stereocenters. The van der Waals surface area contributed by atoms with Gasteiger partial charge in [0.05, 0.1) is 11.9 Å². The third kappa shape index (κ3) is 2.78. The van der Waals surface area contributed by atoms with Crippen LogP contribution in [0.4, 0.5) is 4.79 Å². The first kappa shape index (κ1) is 9.67. The predicted molar refractivity (Wildman–Crippen MR) is 54.7 cm³/mol. The summed E-state index contributed by atoms with van der Waals surface area (Å²) in [6.07, 6.45) is 5.05. The highest BCUT2D eigenvalue weighted by Crippen LogP contribution is 1.97. The Balaban J connectivity index is 1.74. The normalized spacial score (nSPS) is 14.4. The van der Waals surface area contributed by atoms with Crippen LogP contribution in [0.5, 0.6) is 0 Å². The minimum atomic E-state index is -0.296. The van der Waals surface area contributed by atoms with Gasteiger partial charge in [-0.25, -0.2) is 4.79 Å². The lowest BCUT2D eigenvalue weighted by atomic mass is 10.3. The number of rotatable bonds is 4. The van der Waals surface area contributed by atoms with Crippen LogP contribution in [0.15, 0.2) is 36.4 Å². The number of amides is 2. The standard InChI is InChI=1S/C10H11N4O/c15-10-13-7-9(14-10)6-12-5-8-1-3-11-4-2-8/h1-4,7,12H,5-6H2,(H,14,15). The highest BCUT2D eigenvalue weighted by molar-refractivity contribution is 5.79. The zero-order valence-electron chi connectivity index (χ0n) is 8.10. The Kier molecular flexibility index (Phi) is 2.94. The molecule has 15 heavy (non-hydrogen) atoms. The van der Waals surface area contributed by atoms with Crippen LogP contribution in [0, 0.1) is 0 Å². The zero-order chi connectivity index (χ0) is 10.5. The molecule has 1 aromatic heterocycles. The lowest BCUT2D eigenvalue weighted by Gasteiger charge is -2.04. The first-order valence-corrected chi connectivity index (χ1v) is 4.65. The third-order valence-corrected chi connectivity index (χ3v) is 2.00. The molecule has 1 radical (unpaired) electrons. The average molecular weight is 203 g/mol. The van der Waals surface area contributed by atoms with E-state index in [1.165, 1.54) is 0 Å². The molecule has 2 amide bonds. The fourth-order valence-corrected chi connectivity index (χ4v) is 1.27. The molecule has 0 saturated carbocycles. The number of pyridine rings is 1. The van der Waals surface area contributed by atoms with E-state index < -0.39 is 0 Å². The van der Waals surface area contributed by atoms with Gasteiger partial charge in [0, 0.05) is 25.5 Å². The molecule has 0 unspecified atom stereocenters. The molecule has 0 bridgehead atoms. The predicted octanol–water partition coefficient (Wildman–Crippen LogP) is 0.340. The van der Waals surface area contributed by atoms with Crippen molar-refractivity contribution in [3.63, 3.8) is 0 Å². The Labute approximate surface area is 87.6 Å². The summed E-state index contributed by atoms with van der Waals surface area (Å²) < 4.78 is 0. The molecular weight excluding hydrogens is 192 g/mol. The number of hydrogen-bond donors (Lipinski definition) is 2. The molecule has 0 saturated heterocycles. The van der Waals surface area contributed by atoms with Crippen molar-refractivity contribution in [3.05, 3.63) is 42.0 Å². The number of carbonyl (C=O) groups is 1. The second-order valence-corrected chi connectivity index (χ2v) is 3.17. The number of nitrogens with one attached hydrogen (secondary N) is 2. The first-order chi connectivity index (χ1) is 7.34. The van der Waals surface area contributed by atoms with Crippen molar-refractivity contribution < 1.29 is 4.79 Å². The Morgan fingerprint density at radius 3 is 2.73 bits per heavy atom. The van der Waals surface area contributed by atoms with E-state index in [9.17, 15) is 4.79 Å². The van der Waals surface area contributed by atoms with Crippen molar-refractivity contribution >= 4 is 6.03 Å². The van der Waals surface area contributed by atoms with Crippen LogP contribution in [-0.4, -0.2) is 17.6 Å². The van der Waals surface area contributed by atoms with Crippen molar-refractivity contribution in [3.8, 4) is 0 Å². The summed E-state index contributed by atoms with van der Waals surface area (Å²) in [7, 11) is 0. The van der Waals surface area contributed by atoms with Gasteiger partial charge in [-0.2, -0.15) is 5.32 Å². The molecule has 1 aromatic rings. The van der Waals surface area contributed by atoms with Gasteiger partial charge < -0.3 is 10.6 Å². The van der Waals surface area contributed by atoms with Crippen LogP contribution >= 0.6 is 0 Å². The Bertz CT molecular complexity index is 374. The van der Waals surface area contributed by atoms with Crippen LogP contribution in [0.3, 0.4) is 0 Å². The first-order valence-electron chi connectivity index (χ1n) is 4.65. The molecule has 0 aromatic carbocycles. The Hall–Kier alpha value is -1.88. The van der Waals surface area contributed by atoms with Crippen molar-refractivity contribution in [2.24, 2.45) is 0 Å². The maximum Gasteiger partial charge on any atom is 0.345 e. The van der Waals surface area contributed by atoms with E-state index in [1.54, 1.807) is 18.6 Å². The second kappa shape index (κ2) is 4.56. The maximum atomic E-state index is 10.7. The summed E-state index contributed by atoms with van der Waals surface area (Å²) >= 11 is 0. The van der Waals surface area contributed by atoms with Gasteiger partial charge in [0.1, 0.15) is 0 Å². The van der Waals surface area contributed by atoms with E-state index >= 15 is 0 Å². The Morgan fingerprint density at radius 2 is 2.07 bits per heavy atom. The molecule has 2 rings (SSSR count). The van der Waals surface area contributed by atoms with Gasteiger partial charge in [-0.05, 0) is 17.7 Å². The fraction of sp³-hybridized carbons (Fsp3) is 0.200. The number of carbonyl (C=O) groups excluding carboxylic acids is 1. The molecule has 5 heteroatoms. The summed E-state index contributed by atoms with van der Waals surface area (Å²) in [6.45, 7) is 1.35. The lowest BCUT2D eigenvalue weighted by molar-refractivity contribution is 0.248. The topological polar surface area (TPSA) is 68.1 Å². The van der Waals surface area contributed by atoms with Gasteiger partial charge in [-0.1, -0.05) is 0 Å². The van der Waals surface area contributed by atoms with E-state index in [0.29, 0.717) is 6.54 Å². The summed E-state index contributed by atoms with van der Waals surface area (Å²) in [5.41, 5.74) is 1.96. The second-order valence-electron chi connectivity index (χ2n) is 3.17. The Morgan fingerprint density at radius 1 is 1.27 bits per heavy atom. The van der Waals surface area contributed by atoms with Gasteiger partial charge in [-0.15, -0.1) is 0 Å². The van der Waals surface area contributed by atoms with E-state index in [1.807, 2.05) is 12.1 Å². The SMILES string of the molecule is O=C1[N]C=C(CNCc2ccncc2)N1. The van der Waals surface area contributed by atoms with Crippen LogP contribution in [0.1, 0.15) is 5.56 Å². The quantitative estimate of drug-likeness (QED) is 0.741. The highest BCUT2D eigenvalue weighted by atomic mass is 16.2. The van der Waals surface area contributed by atoms with Crippen LogP contribution in [-0.2, 0) is 6.54 Å². The summed E-state index contributed by atoms with van der Waals surface area (Å²) in [5.74, 6) is 0. The molecule has 0 spiro atoms.